The van der Waals surface area contributed by atoms with Crippen LogP contribution in [0.1, 0.15) is 29.4 Å². The molecule has 0 aromatic carbocycles. The third-order valence-electron chi connectivity index (χ3n) is 3.18. The molecule has 6 nitrogen and oxygen atoms in total. The summed E-state index contributed by atoms with van der Waals surface area (Å²) in [5, 5.41) is 10.2. The van der Waals surface area contributed by atoms with E-state index in [0.29, 0.717) is 19.0 Å². The Bertz CT molecular complexity index is 521. The van der Waals surface area contributed by atoms with Gasteiger partial charge in [0.2, 0.25) is 5.91 Å². The van der Waals surface area contributed by atoms with E-state index in [0.717, 1.165) is 10.7 Å². The second-order valence-electron chi connectivity index (χ2n) is 5.48. The summed E-state index contributed by atoms with van der Waals surface area (Å²) in [5.74, 6) is 0.678. The minimum Gasteiger partial charge on any atom is -0.359 e. The average Bonchev–Trinajstić information content (AvgIpc) is 2.76. The highest BCUT2D eigenvalue weighted by atomic mass is 32.1. The molecule has 0 spiro atoms. The highest BCUT2D eigenvalue weighted by Crippen LogP contribution is 2.16. The fraction of sp³-hybridized carbons (Fsp3) is 0.643. The van der Waals surface area contributed by atoms with Crippen molar-refractivity contribution in [3.05, 3.63) is 15.6 Å². The van der Waals surface area contributed by atoms with Crippen molar-refractivity contribution in [1.82, 2.24) is 20.9 Å². The molecule has 1 heterocycles. The molecular weight excluding hydrogens is 286 g/mol. The Morgan fingerprint density at radius 3 is 2.48 bits per heavy atom. The molecule has 1 aromatic rings. The highest BCUT2D eigenvalue weighted by Gasteiger charge is 2.26. The summed E-state index contributed by atoms with van der Waals surface area (Å²) >= 11 is 1.68. The highest BCUT2D eigenvalue weighted by molar-refractivity contribution is 7.11. The van der Waals surface area contributed by atoms with Gasteiger partial charge in [-0.1, -0.05) is 0 Å². The number of carbonyl (C=O) groups excluding carboxylic acids is 1. The number of rotatable bonds is 5. The molecule has 118 valence electrons. The van der Waals surface area contributed by atoms with Gasteiger partial charge < -0.3 is 16.0 Å². The molecule has 0 aliphatic heterocycles. The lowest BCUT2D eigenvalue weighted by Crippen LogP contribution is -2.47. The van der Waals surface area contributed by atoms with Crippen molar-refractivity contribution in [2.75, 3.05) is 20.6 Å². The molecule has 0 bridgehead atoms. The van der Waals surface area contributed by atoms with Crippen LogP contribution in [0, 0.1) is 19.3 Å². The monoisotopic (exact) mass is 311 g/mol. The Morgan fingerprint density at radius 1 is 1.33 bits per heavy atom. The maximum absolute atomic E-state index is 11.7. The second-order valence-corrected chi connectivity index (χ2v) is 6.77. The number of aliphatic imine (C=N–C) groups is 1. The van der Waals surface area contributed by atoms with Gasteiger partial charge in [-0.15, -0.1) is 11.3 Å². The number of nitrogens with zero attached hydrogens (tertiary/aromatic N) is 2. The molecule has 1 aromatic heterocycles. The second kappa shape index (κ2) is 7.40. The van der Waals surface area contributed by atoms with E-state index >= 15 is 0 Å². The summed E-state index contributed by atoms with van der Waals surface area (Å²) in [4.78, 5) is 21.5. The lowest BCUT2D eigenvalue weighted by molar-refractivity contribution is -0.128. The third kappa shape index (κ3) is 5.00. The zero-order valence-electron chi connectivity index (χ0n) is 13.6. The molecule has 0 atom stereocenters. The number of thiazole rings is 1. The number of hydrogen-bond donors (Lipinski definition) is 3. The maximum Gasteiger partial charge on any atom is 0.227 e. The van der Waals surface area contributed by atoms with E-state index in [4.69, 9.17) is 0 Å². The minimum atomic E-state index is -0.497. The molecule has 0 saturated carbocycles. The van der Waals surface area contributed by atoms with Crippen LogP contribution in [0.25, 0.3) is 0 Å². The zero-order chi connectivity index (χ0) is 16.0. The number of guanidine groups is 1. The molecule has 7 heteroatoms. The molecule has 0 aliphatic rings. The van der Waals surface area contributed by atoms with Crippen LogP contribution in [0.2, 0.25) is 0 Å². The van der Waals surface area contributed by atoms with Gasteiger partial charge in [-0.3, -0.25) is 9.79 Å². The van der Waals surface area contributed by atoms with Crippen molar-refractivity contribution in [1.29, 1.82) is 0 Å². The van der Waals surface area contributed by atoms with Crippen LogP contribution in [0.15, 0.2) is 4.99 Å². The van der Waals surface area contributed by atoms with E-state index in [1.807, 2.05) is 27.7 Å². The first-order valence-electron chi connectivity index (χ1n) is 6.89. The number of amides is 1. The molecule has 0 saturated heterocycles. The Morgan fingerprint density at radius 2 is 2.00 bits per heavy atom. The van der Waals surface area contributed by atoms with Gasteiger partial charge in [0.25, 0.3) is 0 Å². The van der Waals surface area contributed by atoms with Crippen molar-refractivity contribution in [2.45, 2.75) is 34.2 Å². The minimum absolute atomic E-state index is 0.000575. The fourth-order valence-electron chi connectivity index (χ4n) is 1.85. The van der Waals surface area contributed by atoms with Gasteiger partial charge in [-0.2, -0.15) is 0 Å². The van der Waals surface area contributed by atoms with Crippen molar-refractivity contribution in [3.63, 3.8) is 0 Å². The summed E-state index contributed by atoms with van der Waals surface area (Å²) in [7, 11) is 3.36. The molecule has 0 radical (unpaired) electrons. The predicted molar refractivity (Wildman–Crippen MR) is 87.6 cm³/mol. The van der Waals surface area contributed by atoms with Gasteiger partial charge in [0, 0.05) is 25.5 Å². The number of aryl methyl sites for hydroxylation is 2. The van der Waals surface area contributed by atoms with E-state index in [1.165, 1.54) is 4.88 Å². The number of hydrogen-bond acceptors (Lipinski definition) is 4. The average molecular weight is 311 g/mol. The van der Waals surface area contributed by atoms with Gasteiger partial charge in [-0.05, 0) is 27.7 Å². The van der Waals surface area contributed by atoms with Crippen LogP contribution in [0.4, 0.5) is 0 Å². The largest absolute Gasteiger partial charge is 0.359 e. The van der Waals surface area contributed by atoms with E-state index < -0.39 is 5.41 Å². The Hall–Kier alpha value is -1.63. The van der Waals surface area contributed by atoms with E-state index in [1.54, 1.807) is 25.4 Å². The first kappa shape index (κ1) is 17.4. The normalized spacial score (nSPS) is 12.2. The lowest BCUT2D eigenvalue weighted by Gasteiger charge is -2.24. The Labute approximate surface area is 130 Å². The van der Waals surface area contributed by atoms with Crippen LogP contribution in [0.5, 0.6) is 0 Å². The van der Waals surface area contributed by atoms with Crippen LogP contribution in [-0.4, -0.2) is 37.5 Å². The quantitative estimate of drug-likeness (QED) is 0.564. The van der Waals surface area contributed by atoms with Crippen molar-refractivity contribution in [2.24, 2.45) is 10.4 Å². The SMILES string of the molecule is CN=C(NCc1sc(C)nc1C)NCC(C)(C)C(=O)NC. The first-order valence-corrected chi connectivity index (χ1v) is 7.71. The molecule has 1 rings (SSSR count). The van der Waals surface area contributed by atoms with Gasteiger partial charge in [-0.25, -0.2) is 4.98 Å². The number of nitrogens with one attached hydrogen (secondary N) is 3. The predicted octanol–water partition coefficient (Wildman–Crippen LogP) is 1.20. The standard InChI is InChI=1S/C14H25N5OS/c1-9-11(21-10(2)19-9)7-17-13(16-6)18-8-14(3,4)12(20)15-5/h7-8H2,1-6H3,(H,15,20)(H2,16,17,18). The summed E-state index contributed by atoms with van der Waals surface area (Å²) in [6, 6.07) is 0. The van der Waals surface area contributed by atoms with E-state index in [9.17, 15) is 4.79 Å². The molecule has 21 heavy (non-hydrogen) atoms. The molecule has 1 amide bonds. The van der Waals surface area contributed by atoms with Crippen LogP contribution in [0.3, 0.4) is 0 Å². The summed E-state index contributed by atoms with van der Waals surface area (Å²) in [5.41, 5.74) is 0.551. The van der Waals surface area contributed by atoms with Crippen molar-refractivity contribution >= 4 is 23.2 Å². The molecular formula is C14H25N5OS. The summed E-state index contributed by atoms with van der Waals surface area (Å²) in [6.45, 7) is 8.97. The molecule has 0 unspecified atom stereocenters. The number of carbonyl (C=O) groups is 1. The topological polar surface area (TPSA) is 78.4 Å². The van der Waals surface area contributed by atoms with Gasteiger partial charge in [0.05, 0.1) is 22.7 Å². The zero-order valence-corrected chi connectivity index (χ0v) is 14.4. The summed E-state index contributed by atoms with van der Waals surface area (Å²) < 4.78 is 0. The Balaban J connectivity index is 2.53. The van der Waals surface area contributed by atoms with Gasteiger partial charge >= 0.3 is 0 Å². The maximum atomic E-state index is 11.7. The van der Waals surface area contributed by atoms with Crippen LogP contribution in [-0.2, 0) is 11.3 Å². The van der Waals surface area contributed by atoms with Crippen molar-refractivity contribution in [3.8, 4) is 0 Å². The summed E-state index contributed by atoms with van der Waals surface area (Å²) in [6.07, 6.45) is 0. The van der Waals surface area contributed by atoms with Crippen molar-refractivity contribution < 1.29 is 4.79 Å². The smallest absolute Gasteiger partial charge is 0.227 e. The first-order chi connectivity index (χ1) is 9.80. The molecule has 0 aliphatic carbocycles. The fourth-order valence-corrected chi connectivity index (χ4v) is 2.72. The lowest BCUT2D eigenvalue weighted by atomic mass is 9.92. The molecule has 0 fully saturated rings. The van der Waals surface area contributed by atoms with E-state index in [-0.39, 0.29) is 5.91 Å². The van der Waals surface area contributed by atoms with Crippen LogP contribution < -0.4 is 16.0 Å². The Kier molecular flexibility index (Phi) is 6.14. The van der Waals surface area contributed by atoms with Crippen LogP contribution >= 0.6 is 11.3 Å². The van der Waals surface area contributed by atoms with Gasteiger partial charge in [0.15, 0.2) is 5.96 Å². The van der Waals surface area contributed by atoms with Gasteiger partial charge in [0.1, 0.15) is 0 Å². The molecule has 3 N–H and O–H groups in total. The third-order valence-corrected chi connectivity index (χ3v) is 4.25. The number of aromatic nitrogens is 1. The van der Waals surface area contributed by atoms with E-state index in [2.05, 4.69) is 25.9 Å².